The lowest BCUT2D eigenvalue weighted by Crippen LogP contribution is -2.54. The van der Waals surface area contributed by atoms with Crippen LogP contribution in [0.5, 0.6) is 5.75 Å². The highest BCUT2D eigenvalue weighted by atomic mass is 16.5. The lowest BCUT2D eigenvalue weighted by Gasteiger charge is -2.40. The number of piperidine rings is 1. The zero-order chi connectivity index (χ0) is 29.1. The minimum absolute atomic E-state index is 0.00958. The van der Waals surface area contributed by atoms with E-state index in [1.807, 2.05) is 43.9 Å². The molecule has 0 spiro atoms. The zero-order valence-corrected chi connectivity index (χ0v) is 24.9. The Kier molecular flexibility index (Phi) is 9.42. The number of fused-ring (bicyclic) bond motifs is 1. The van der Waals surface area contributed by atoms with E-state index in [-0.39, 0.29) is 35.6 Å². The predicted octanol–water partition coefficient (Wildman–Crippen LogP) is 2.88. The fourth-order valence-electron chi connectivity index (χ4n) is 5.50. The minimum Gasteiger partial charge on any atom is -0.476 e. The highest BCUT2D eigenvalue weighted by molar-refractivity contribution is 6.04. The minimum atomic E-state index is -0.978. The zero-order valence-electron chi connectivity index (χ0n) is 24.9. The van der Waals surface area contributed by atoms with E-state index in [1.54, 1.807) is 25.9 Å². The summed E-state index contributed by atoms with van der Waals surface area (Å²) in [7, 11) is 1.65. The summed E-state index contributed by atoms with van der Waals surface area (Å²) >= 11 is 0. The third-order valence-corrected chi connectivity index (χ3v) is 7.72. The number of nitrogens with zero attached hydrogens (tertiary/aromatic N) is 2. The van der Waals surface area contributed by atoms with Gasteiger partial charge in [0.15, 0.2) is 5.60 Å². The third kappa shape index (κ3) is 6.95. The van der Waals surface area contributed by atoms with Gasteiger partial charge in [0.05, 0.1) is 29.7 Å². The first kappa shape index (κ1) is 30.3. The molecule has 0 bridgehead atoms. The summed E-state index contributed by atoms with van der Waals surface area (Å²) in [5.41, 5.74) is -0.0413. The van der Waals surface area contributed by atoms with Crippen LogP contribution >= 0.6 is 0 Å². The van der Waals surface area contributed by atoms with Crippen molar-refractivity contribution >= 4 is 29.1 Å². The highest BCUT2D eigenvalue weighted by Gasteiger charge is 2.43. The van der Waals surface area contributed by atoms with Gasteiger partial charge in [0.25, 0.3) is 5.91 Å². The normalized spacial score (nSPS) is 22.4. The van der Waals surface area contributed by atoms with Gasteiger partial charge in [-0.05, 0) is 78.5 Å². The Morgan fingerprint density at radius 3 is 2.62 bits per heavy atom. The predicted molar refractivity (Wildman–Crippen MR) is 154 cm³/mol. The van der Waals surface area contributed by atoms with E-state index < -0.39 is 11.1 Å². The number of anilines is 2. The van der Waals surface area contributed by atoms with E-state index in [0.29, 0.717) is 63.7 Å². The topological polar surface area (TPSA) is 109 Å². The van der Waals surface area contributed by atoms with Gasteiger partial charge in [-0.15, -0.1) is 0 Å². The first-order chi connectivity index (χ1) is 19.0. The summed E-state index contributed by atoms with van der Waals surface area (Å²) in [5.74, 6) is -0.180. The van der Waals surface area contributed by atoms with Gasteiger partial charge in [0.1, 0.15) is 5.75 Å². The number of methoxy groups -OCH3 is 1. The molecule has 1 saturated heterocycles. The van der Waals surface area contributed by atoms with Crippen LogP contribution in [0.25, 0.3) is 0 Å². The van der Waals surface area contributed by atoms with E-state index in [4.69, 9.17) is 14.2 Å². The molecular weight excluding hydrogens is 512 g/mol. The van der Waals surface area contributed by atoms with Crippen LogP contribution in [0.1, 0.15) is 60.3 Å². The Hall–Kier alpha value is -2.69. The largest absolute Gasteiger partial charge is 0.476 e. The van der Waals surface area contributed by atoms with E-state index in [0.717, 1.165) is 18.5 Å². The molecule has 1 unspecified atom stereocenters. The molecule has 2 aliphatic heterocycles. The van der Waals surface area contributed by atoms with Gasteiger partial charge in [-0.2, -0.15) is 0 Å². The molecule has 2 atom stereocenters. The number of hydrogen-bond donors (Lipinski definition) is 2. The van der Waals surface area contributed by atoms with Crippen LogP contribution in [0.2, 0.25) is 0 Å². The Labute approximate surface area is 238 Å². The molecular formula is C30H46N4O6. The number of ether oxygens (including phenoxy) is 3. The molecule has 40 heavy (non-hydrogen) atoms. The SMILES string of the molecule is CCOCC(C)(C)NC(=O)[C@@H]1CNCC(C(=O)N(c2ccc3c(c2)N(CCCOC)C(=O)C(C)(C)O3)C2CC2)C1. The molecule has 4 rings (SSSR count). The third-order valence-electron chi connectivity index (χ3n) is 7.72. The van der Waals surface area contributed by atoms with Crippen molar-refractivity contribution in [3.05, 3.63) is 18.2 Å². The molecule has 0 aromatic heterocycles. The molecule has 10 nitrogen and oxygen atoms in total. The molecule has 1 aromatic rings. The summed E-state index contributed by atoms with van der Waals surface area (Å²) in [5, 5.41) is 6.42. The maximum Gasteiger partial charge on any atom is 0.270 e. The van der Waals surface area contributed by atoms with Gasteiger partial charge in [0, 0.05) is 51.7 Å². The lowest BCUT2D eigenvalue weighted by atomic mass is 9.88. The molecule has 2 heterocycles. The van der Waals surface area contributed by atoms with Crippen LogP contribution in [0, 0.1) is 11.8 Å². The van der Waals surface area contributed by atoms with Crippen molar-refractivity contribution in [2.24, 2.45) is 11.8 Å². The van der Waals surface area contributed by atoms with E-state index in [2.05, 4.69) is 10.6 Å². The number of hydrogen-bond acceptors (Lipinski definition) is 7. The number of rotatable bonds is 12. The van der Waals surface area contributed by atoms with Crippen molar-refractivity contribution in [1.29, 1.82) is 0 Å². The Morgan fingerprint density at radius 1 is 1.23 bits per heavy atom. The van der Waals surface area contributed by atoms with E-state index >= 15 is 0 Å². The summed E-state index contributed by atoms with van der Waals surface area (Å²) in [4.78, 5) is 44.1. The maximum atomic E-state index is 14.0. The van der Waals surface area contributed by atoms with Crippen LogP contribution in [-0.2, 0) is 23.9 Å². The molecule has 2 fully saturated rings. The summed E-state index contributed by atoms with van der Waals surface area (Å²) in [6.07, 6.45) is 3.03. The fourth-order valence-corrected chi connectivity index (χ4v) is 5.50. The van der Waals surface area contributed by atoms with Crippen molar-refractivity contribution < 1.29 is 28.6 Å². The standard InChI is InChI=1S/C30H46N4O6/c1-7-39-19-29(2,3)32-26(35)20-15-21(18-31-17-20)27(36)34(22-9-10-22)23-11-12-25-24(16-23)33(13-8-14-38-6)28(37)30(4,5)40-25/h11-12,16,20-22,31H,7-10,13-15,17-19H2,1-6H3,(H,32,35)/t20-,21?/m0/s1. The fraction of sp³-hybridized carbons (Fsp3) is 0.700. The van der Waals surface area contributed by atoms with E-state index in [9.17, 15) is 14.4 Å². The molecule has 3 amide bonds. The van der Waals surface area contributed by atoms with Crippen LogP contribution in [0.15, 0.2) is 18.2 Å². The van der Waals surface area contributed by atoms with Gasteiger partial charge in [-0.25, -0.2) is 0 Å². The summed E-state index contributed by atoms with van der Waals surface area (Å²) < 4.78 is 16.8. The number of amides is 3. The van der Waals surface area contributed by atoms with Crippen LogP contribution in [0.3, 0.4) is 0 Å². The molecule has 1 aromatic carbocycles. The average Bonchev–Trinajstić information content (AvgIpc) is 3.75. The van der Waals surface area contributed by atoms with Gasteiger partial charge in [-0.1, -0.05) is 0 Å². The molecule has 1 saturated carbocycles. The van der Waals surface area contributed by atoms with Crippen molar-refractivity contribution in [2.75, 3.05) is 56.4 Å². The van der Waals surface area contributed by atoms with Crippen molar-refractivity contribution in [3.63, 3.8) is 0 Å². The lowest BCUT2D eigenvalue weighted by molar-refractivity contribution is -0.132. The number of carbonyl (C=O) groups excluding carboxylic acids is 3. The first-order valence-corrected chi connectivity index (χ1v) is 14.5. The van der Waals surface area contributed by atoms with E-state index in [1.165, 1.54) is 0 Å². The first-order valence-electron chi connectivity index (χ1n) is 14.5. The van der Waals surface area contributed by atoms with Gasteiger partial charge in [-0.3, -0.25) is 14.4 Å². The number of carbonyl (C=O) groups is 3. The highest BCUT2D eigenvalue weighted by Crippen LogP contribution is 2.43. The Bertz CT molecular complexity index is 1090. The smallest absolute Gasteiger partial charge is 0.270 e. The second-order valence-corrected chi connectivity index (χ2v) is 12.3. The van der Waals surface area contributed by atoms with Crippen molar-refractivity contribution in [2.45, 2.75) is 77.5 Å². The Balaban J connectivity index is 1.53. The molecule has 3 aliphatic rings. The second kappa shape index (κ2) is 12.4. The van der Waals surface area contributed by atoms with Crippen molar-refractivity contribution in [1.82, 2.24) is 10.6 Å². The van der Waals surface area contributed by atoms with Crippen LogP contribution < -0.4 is 25.2 Å². The average molecular weight is 559 g/mol. The van der Waals surface area contributed by atoms with Crippen LogP contribution in [-0.4, -0.2) is 81.5 Å². The molecule has 10 heteroatoms. The molecule has 2 N–H and O–H groups in total. The number of benzene rings is 1. The second-order valence-electron chi connectivity index (χ2n) is 12.3. The molecule has 222 valence electrons. The quantitative estimate of drug-likeness (QED) is 0.380. The Morgan fingerprint density at radius 2 is 1.95 bits per heavy atom. The summed E-state index contributed by atoms with van der Waals surface area (Å²) in [6, 6.07) is 5.79. The van der Waals surface area contributed by atoms with Crippen LogP contribution in [0.4, 0.5) is 11.4 Å². The molecule has 1 aliphatic carbocycles. The number of nitrogens with one attached hydrogen (secondary N) is 2. The molecule has 0 radical (unpaired) electrons. The van der Waals surface area contributed by atoms with Crippen molar-refractivity contribution in [3.8, 4) is 5.75 Å². The summed E-state index contributed by atoms with van der Waals surface area (Å²) in [6.45, 7) is 12.5. The monoisotopic (exact) mass is 558 g/mol. The van der Waals surface area contributed by atoms with Gasteiger partial charge < -0.3 is 34.6 Å². The van der Waals surface area contributed by atoms with Gasteiger partial charge >= 0.3 is 0 Å². The van der Waals surface area contributed by atoms with Gasteiger partial charge in [0.2, 0.25) is 11.8 Å². The maximum absolute atomic E-state index is 14.0.